The zero-order chi connectivity index (χ0) is 8.10. The maximum Gasteiger partial charge on any atom is 0.0225 e. The van der Waals surface area contributed by atoms with Crippen molar-refractivity contribution in [2.24, 2.45) is 5.84 Å². The largest absolute Gasteiger partial charge is 0.299 e. The first-order chi connectivity index (χ1) is 5.33. The van der Waals surface area contributed by atoms with Crippen LogP contribution in [0, 0.1) is 0 Å². The summed E-state index contributed by atoms with van der Waals surface area (Å²) in [6, 6.07) is 0. The Morgan fingerprint density at radius 2 is 1.91 bits per heavy atom. The molecule has 66 valence electrons. The third-order valence-corrected chi connectivity index (χ3v) is 2.32. The molecule has 0 aromatic heterocycles. The van der Waals surface area contributed by atoms with Gasteiger partial charge in [0.15, 0.2) is 0 Å². The normalized spacial score (nSPS) is 22.4. The third kappa shape index (κ3) is 3.39. The van der Waals surface area contributed by atoms with Crippen LogP contribution < -0.4 is 11.3 Å². The van der Waals surface area contributed by atoms with Crippen LogP contribution in [0.25, 0.3) is 0 Å². The number of rotatable bonds is 3. The fourth-order valence-electron chi connectivity index (χ4n) is 1.18. The molecule has 5 heteroatoms. The summed E-state index contributed by atoms with van der Waals surface area (Å²) >= 11 is 4.26. The van der Waals surface area contributed by atoms with Crippen LogP contribution >= 0.6 is 12.8 Å². The Morgan fingerprint density at radius 1 is 1.27 bits per heavy atom. The number of nitrogens with zero attached hydrogens (tertiary/aromatic N) is 2. The summed E-state index contributed by atoms with van der Waals surface area (Å²) in [5, 5.41) is 0. The molecule has 0 aliphatic carbocycles. The summed E-state index contributed by atoms with van der Waals surface area (Å²) in [7, 11) is 0. The Morgan fingerprint density at radius 3 is 2.45 bits per heavy atom. The lowest BCUT2D eigenvalue weighted by Crippen LogP contribution is -2.45. The van der Waals surface area contributed by atoms with Crippen molar-refractivity contribution in [3.8, 4) is 0 Å². The van der Waals surface area contributed by atoms with Gasteiger partial charge in [-0.1, -0.05) is 12.8 Å². The van der Waals surface area contributed by atoms with Gasteiger partial charge in [-0.05, 0) is 0 Å². The highest BCUT2D eigenvalue weighted by molar-refractivity contribution is 7.77. The Bertz CT molecular complexity index is 100. The molecule has 0 aromatic rings. The van der Waals surface area contributed by atoms with Gasteiger partial charge in [-0.2, -0.15) is 0 Å². The topological polar surface area (TPSA) is 44.5 Å². The van der Waals surface area contributed by atoms with Gasteiger partial charge in [-0.25, -0.2) is 0 Å². The standard InChI is InChI=1S/C6H16N4S/c7-8-1-2-9-3-5-10(11)6-4-9/h8,11H,1-7H2. The van der Waals surface area contributed by atoms with E-state index < -0.39 is 0 Å². The number of hydrogen-bond donors (Lipinski definition) is 3. The van der Waals surface area contributed by atoms with Crippen molar-refractivity contribution >= 4 is 12.8 Å². The van der Waals surface area contributed by atoms with Crippen LogP contribution in [0.15, 0.2) is 0 Å². The molecule has 0 saturated carbocycles. The van der Waals surface area contributed by atoms with Crippen molar-refractivity contribution in [3.63, 3.8) is 0 Å². The van der Waals surface area contributed by atoms with Crippen molar-refractivity contribution in [3.05, 3.63) is 0 Å². The highest BCUT2D eigenvalue weighted by Gasteiger charge is 2.12. The van der Waals surface area contributed by atoms with Gasteiger partial charge in [0.2, 0.25) is 0 Å². The number of hydrogen-bond acceptors (Lipinski definition) is 5. The molecular weight excluding hydrogens is 160 g/mol. The molecule has 3 N–H and O–H groups in total. The van der Waals surface area contributed by atoms with E-state index in [0.29, 0.717) is 0 Å². The Hall–Kier alpha value is 0.190. The number of hydrazine groups is 1. The summed E-state index contributed by atoms with van der Waals surface area (Å²) < 4.78 is 2.05. The Balaban J connectivity index is 2.07. The van der Waals surface area contributed by atoms with E-state index >= 15 is 0 Å². The predicted octanol–water partition coefficient (Wildman–Crippen LogP) is -1.09. The first kappa shape index (κ1) is 9.28. The van der Waals surface area contributed by atoms with Crippen LogP contribution in [0.2, 0.25) is 0 Å². The molecule has 1 fully saturated rings. The minimum Gasteiger partial charge on any atom is -0.299 e. The van der Waals surface area contributed by atoms with Gasteiger partial charge in [0.1, 0.15) is 0 Å². The molecule has 0 aromatic carbocycles. The monoisotopic (exact) mass is 176 g/mol. The van der Waals surface area contributed by atoms with Crippen molar-refractivity contribution in [2.45, 2.75) is 0 Å². The van der Waals surface area contributed by atoms with Crippen LogP contribution in [-0.4, -0.2) is 48.5 Å². The smallest absolute Gasteiger partial charge is 0.0225 e. The fraction of sp³-hybridized carbons (Fsp3) is 1.00. The molecule has 4 nitrogen and oxygen atoms in total. The maximum atomic E-state index is 5.17. The van der Waals surface area contributed by atoms with E-state index in [1.165, 1.54) is 0 Å². The summed E-state index contributed by atoms with van der Waals surface area (Å²) in [4.78, 5) is 2.38. The summed E-state index contributed by atoms with van der Waals surface area (Å²) in [6.45, 7) is 6.21. The van der Waals surface area contributed by atoms with E-state index in [4.69, 9.17) is 5.84 Å². The molecular formula is C6H16N4S. The number of thiol groups is 1. The van der Waals surface area contributed by atoms with E-state index in [0.717, 1.165) is 39.3 Å². The predicted molar refractivity (Wildman–Crippen MR) is 49.2 cm³/mol. The highest BCUT2D eigenvalue weighted by atomic mass is 32.1. The van der Waals surface area contributed by atoms with Gasteiger partial charge in [-0.15, -0.1) is 0 Å². The Labute approximate surface area is 73.2 Å². The first-order valence-electron chi connectivity index (χ1n) is 3.92. The van der Waals surface area contributed by atoms with E-state index in [1.807, 2.05) is 4.31 Å². The second-order valence-electron chi connectivity index (χ2n) is 2.75. The zero-order valence-electron chi connectivity index (χ0n) is 6.66. The minimum absolute atomic E-state index is 0.868. The van der Waals surface area contributed by atoms with Crippen molar-refractivity contribution in [1.29, 1.82) is 0 Å². The number of nitrogens with two attached hydrogens (primary N) is 1. The Kier molecular flexibility index (Phi) is 4.17. The zero-order valence-corrected chi connectivity index (χ0v) is 7.56. The molecule has 0 unspecified atom stereocenters. The molecule has 0 bridgehead atoms. The van der Waals surface area contributed by atoms with E-state index in [1.54, 1.807) is 0 Å². The summed E-state index contributed by atoms with van der Waals surface area (Å²) in [5.41, 5.74) is 2.65. The SMILES string of the molecule is NNCCN1CCN(S)CC1. The quantitative estimate of drug-likeness (QED) is 0.290. The molecule has 0 atom stereocenters. The third-order valence-electron chi connectivity index (χ3n) is 1.92. The molecule has 11 heavy (non-hydrogen) atoms. The highest BCUT2D eigenvalue weighted by Crippen LogP contribution is 2.01. The van der Waals surface area contributed by atoms with Crippen molar-refractivity contribution in [1.82, 2.24) is 14.6 Å². The molecule has 1 rings (SSSR count). The van der Waals surface area contributed by atoms with Crippen molar-refractivity contribution in [2.75, 3.05) is 39.3 Å². The van der Waals surface area contributed by atoms with E-state index in [2.05, 4.69) is 23.1 Å². The van der Waals surface area contributed by atoms with Gasteiger partial charge in [0.25, 0.3) is 0 Å². The number of nitrogens with one attached hydrogen (secondary N) is 1. The molecule has 1 heterocycles. The maximum absolute atomic E-state index is 5.17. The average molecular weight is 176 g/mol. The van der Waals surface area contributed by atoms with Crippen LogP contribution in [0.1, 0.15) is 0 Å². The van der Waals surface area contributed by atoms with Gasteiger partial charge >= 0.3 is 0 Å². The van der Waals surface area contributed by atoms with Gasteiger partial charge in [0.05, 0.1) is 0 Å². The summed E-state index contributed by atoms with van der Waals surface area (Å²) in [6.07, 6.45) is 0. The van der Waals surface area contributed by atoms with Crippen LogP contribution in [0.5, 0.6) is 0 Å². The van der Waals surface area contributed by atoms with Gasteiger partial charge in [-0.3, -0.25) is 20.5 Å². The second-order valence-corrected chi connectivity index (χ2v) is 3.32. The van der Waals surface area contributed by atoms with Crippen LogP contribution in [0.3, 0.4) is 0 Å². The van der Waals surface area contributed by atoms with E-state index in [-0.39, 0.29) is 0 Å². The molecule has 0 spiro atoms. The number of piperazine rings is 1. The minimum atomic E-state index is 0.868. The molecule has 0 radical (unpaired) electrons. The molecule has 1 saturated heterocycles. The van der Waals surface area contributed by atoms with Gasteiger partial charge in [0, 0.05) is 39.3 Å². The van der Waals surface area contributed by atoms with E-state index in [9.17, 15) is 0 Å². The first-order valence-corrected chi connectivity index (χ1v) is 4.32. The lowest BCUT2D eigenvalue weighted by atomic mass is 10.3. The lowest BCUT2D eigenvalue weighted by Gasteiger charge is -2.31. The van der Waals surface area contributed by atoms with Gasteiger partial charge < -0.3 is 0 Å². The fourth-order valence-corrected chi connectivity index (χ4v) is 1.36. The van der Waals surface area contributed by atoms with Crippen LogP contribution in [-0.2, 0) is 0 Å². The molecule has 0 amide bonds. The molecule has 1 aliphatic rings. The summed E-state index contributed by atoms with van der Waals surface area (Å²) in [5.74, 6) is 5.17. The van der Waals surface area contributed by atoms with Crippen LogP contribution in [0.4, 0.5) is 0 Å². The molecule has 1 aliphatic heterocycles. The second kappa shape index (κ2) is 4.95. The average Bonchev–Trinajstić information content (AvgIpc) is 2.04. The van der Waals surface area contributed by atoms with Crippen molar-refractivity contribution < 1.29 is 0 Å². The lowest BCUT2D eigenvalue weighted by molar-refractivity contribution is 0.198.